The fraction of sp³-hybridized carbons (Fsp3) is 0.231. The van der Waals surface area contributed by atoms with E-state index in [0.29, 0.717) is 17.1 Å². The van der Waals surface area contributed by atoms with Crippen molar-refractivity contribution in [3.63, 3.8) is 0 Å². The maximum atomic E-state index is 11.9. The topological polar surface area (TPSA) is 84.9 Å². The summed E-state index contributed by atoms with van der Waals surface area (Å²) in [5.41, 5.74) is 0.319. The van der Waals surface area contributed by atoms with E-state index < -0.39 is 17.9 Å². The van der Waals surface area contributed by atoms with Crippen LogP contribution < -0.4 is 14.8 Å². The first-order chi connectivity index (χ1) is 9.11. The fourth-order valence-corrected chi connectivity index (χ4v) is 1.67. The van der Waals surface area contributed by atoms with Crippen LogP contribution in [0.2, 0.25) is 0 Å². The van der Waals surface area contributed by atoms with Crippen molar-refractivity contribution in [1.29, 1.82) is 0 Å². The van der Waals surface area contributed by atoms with Gasteiger partial charge in [0.2, 0.25) is 6.79 Å². The third-order valence-electron chi connectivity index (χ3n) is 2.64. The van der Waals surface area contributed by atoms with E-state index in [0.717, 1.165) is 0 Å². The van der Waals surface area contributed by atoms with Crippen LogP contribution in [0.25, 0.3) is 0 Å². The zero-order valence-corrected chi connectivity index (χ0v) is 10.1. The Labute approximate surface area is 109 Å². The van der Waals surface area contributed by atoms with E-state index in [1.165, 1.54) is 12.1 Å². The molecule has 0 saturated heterocycles. The van der Waals surface area contributed by atoms with Crippen LogP contribution in [0, 0.1) is 0 Å². The molecule has 0 fully saturated rings. The number of aliphatic carboxylic acids is 1. The van der Waals surface area contributed by atoms with E-state index in [1.54, 1.807) is 12.1 Å². The molecule has 1 amide bonds. The van der Waals surface area contributed by atoms with Gasteiger partial charge in [-0.3, -0.25) is 4.79 Å². The van der Waals surface area contributed by atoms with Gasteiger partial charge in [-0.25, -0.2) is 4.79 Å². The van der Waals surface area contributed by atoms with Crippen molar-refractivity contribution in [2.75, 3.05) is 6.79 Å². The molecule has 1 aliphatic rings. The van der Waals surface area contributed by atoms with E-state index in [-0.39, 0.29) is 13.2 Å². The van der Waals surface area contributed by atoms with Crippen LogP contribution in [0.5, 0.6) is 11.5 Å². The Morgan fingerprint density at radius 1 is 1.42 bits per heavy atom. The molecule has 1 aromatic rings. The summed E-state index contributed by atoms with van der Waals surface area (Å²) in [4.78, 5) is 22.9. The van der Waals surface area contributed by atoms with Crippen LogP contribution in [-0.4, -0.2) is 29.8 Å². The molecule has 1 unspecified atom stereocenters. The molecule has 1 heterocycles. The van der Waals surface area contributed by atoms with Crippen LogP contribution in [0.4, 0.5) is 0 Å². The van der Waals surface area contributed by atoms with Crippen molar-refractivity contribution in [2.24, 2.45) is 0 Å². The third kappa shape index (κ3) is 2.85. The largest absolute Gasteiger partial charge is 0.480 e. The third-order valence-corrected chi connectivity index (χ3v) is 2.64. The lowest BCUT2D eigenvalue weighted by molar-refractivity contribution is -0.139. The number of benzene rings is 1. The zero-order chi connectivity index (χ0) is 13.8. The second-order valence-electron chi connectivity index (χ2n) is 3.96. The highest BCUT2D eigenvalue weighted by atomic mass is 16.7. The number of amides is 1. The molecule has 1 atom stereocenters. The highest BCUT2D eigenvalue weighted by Crippen LogP contribution is 2.32. The van der Waals surface area contributed by atoms with Crippen molar-refractivity contribution in [3.8, 4) is 11.5 Å². The molecule has 2 N–H and O–H groups in total. The molecular weight excluding hydrogens is 250 g/mol. The summed E-state index contributed by atoms with van der Waals surface area (Å²) >= 11 is 0. The summed E-state index contributed by atoms with van der Waals surface area (Å²) in [5, 5.41) is 11.4. The maximum absolute atomic E-state index is 11.9. The first-order valence-electron chi connectivity index (χ1n) is 5.66. The van der Waals surface area contributed by atoms with Gasteiger partial charge < -0.3 is 19.9 Å². The van der Waals surface area contributed by atoms with Crippen molar-refractivity contribution < 1.29 is 24.2 Å². The van der Waals surface area contributed by atoms with E-state index in [2.05, 4.69) is 11.9 Å². The summed E-state index contributed by atoms with van der Waals surface area (Å²) in [6.07, 6.45) is 1.60. The van der Waals surface area contributed by atoms with Gasteiger partial charge in [0.1, 0.15) is 6.04 Å². The van der Waals surface area contributed by atoms with Crippen LogP contribution >= 0.6 is 0 Å². The zero-order valence-electron chi connectivity index (χ0n) is 10.1. The quantitative estimate of drug-likeness (QED) is 0.779. The Balaban J connectivity index is 2.11. The van der Waals surface area contributed by atoms with Gasteiger partial charge in [-0.1, -0.05) is 6.08 Å². The van der Waals surface area contributed by atoms with Gasteiger partial charge in [-0.05, 0) is 24.6 Å². The molecule has 0 spiro atoms. The Morgan fingerprint density at radius 3 is 2.84 bits per heavy atom. The molecule has 6 nitrogen and oxygen atoms in total. The van der Waals surface area contributed by atoms with Crippen LogP contribution in [0.3, 0.4) is 0 Å². The van der Waals surface area contributed by atoms with Crippen LogP contribution in [0.15, 0.2) is 30.9 Å². The summed E-state index contributed by atoms with van der Waals surface area (Å²) < 4.78 is 10.3. The lowest BCUT2D eigenvalue weighted by Gasteiger charge is -2.12. The average molecular weight is 263 g/mol. The number of carbonyl (C=O) groups excluding carboxylic acids is 1. The van der Waals surface area contributed by atoms with E-state index in [1.807, 2.05) is 0 Å². The molecule has 100 valence electrons. The van der Waals surface area contributed by atoms with Crippen molar-refractivity contribution in [2.45, 2.75) is 12.5 Å². The molecule has 0 aliphatic carbocycles. The first kappa shape index (κ1) is 12.9. The van der Waals surface area contributed by atoms with Gasteiger partial charge in [0.15, 0.2) is 11.5 Å². The van der Waals surface area contributed by atoms with Gasteiger partial charge in [0, 0.05) is 5.56 Å². The first-order valence-corrected chi connectivity index (χ1v) is 5.66. The Kier molecular flexibility index (Phi) is 3.70. The maximum Gasteiger partial charge on any atom is 0.326 e. The van der Waals surface area contributed by atoms with Crippen LogP contribution in [0.1, 0.15) is 16.8 Å². The molecule has 0 bridgehead atoms. The van der Waals surface area contributed by atoms with Crippen LogP contribution in [-0.2, 0) is 4.79 Å². The average Bonchev–Trinajstić information content (AvgIpc) is 2.85. The second kappa shape index (κ2) is 5.43. The molecule has 1 aliphatic heterocycles. The SMILES string of the molecule is C=CCC(NC(=O)c1ccc2c(c1)OCO2)C(=O)O. The van der Waals surface area contributed by atoms with Gasteiger partial charge in [0.05, 0.1) is 0 Å². The lowest BCUT2D eigenvalue weighted by Crippen LogP contribution is -2.40. The summed E-state index contributed by atoms with van der Waals surface area (Å²) in [6.45, 7) is 3.58. The molecular formula is C13H13NO5. The number of hydrogen-bond donors (Lipinski definition) is 2. The minimum absolute atomic E-state index is 0.120. The Bertz CT molecular complexity index is 526. The minimum atomic E-state index is -1.10. The number of ether oxygens (including phenoxy) is 2. The normalized spacial score (nSPS) is 13.7. The van der Waals surface area contributed by atoms with Gasteiger partial charge in [-0.2, -0.15) is 0 Å². The molecule has 2 rings (SSSR count). The molecule has 6 heteroatoms. The number of rotatable bonds is 5. The minimum Gasteiger partial charge on any atom is -0.480 e. The second-order valence-corrected chi connectivity index (χ2v) is 3.96. The highest BCUT2D eigenvalue weighted by molar-refractivity contribution is 5.97. The molecule has 0 aromatic heterocycles. The predicted molar refractivity (Wildman–Crippen MR) is 66.3 cm³/mol. The number of nitrogens with one attached hydrogen (secondary N) is 1. The molecule has 1 aromatic carbocycles. The summed E-state index contributed by atoms with van der Waals surface area (Å²) in [5.74, 6) is -0.540. The number of carboxylic acids is 1. The summed E-state index contributed by atoms with van der Waals surface area (Å²) in [7, 11) is 0. The van der Waals surface area contributed by atoms with Crippen molar-refractivity contribution in [1.82, 2.24) is 5.32 Å². The number of hydrogen-bond acceptors (Lipinski definition) is 4. The Hall–Kier alpha value is -2.50. The monoisotopic (exact) mass is 263 g/mol. The molecule has 0 radical (unpaired) electrons. The smallest absolute Gasteiger partial charge is 0.326 e. The van der Waals surface area contributed by atoms with E-state index >= 15 is 0 Å². The standard InChI is InChI=1S/C13H13NO5/c1-2-3-9(13(16)17)14-12(15)8-4-5-10-11(6-8)19-7-18-10/h2,4-6,9H,1,3,7H2,(H,14,15)(H,16,17). The lowest BCUT2D eigenvalue weighted by atomic mass is 10.1. The van der Waals surface area contributed by atoms with Gasteiger partial charge in [-0.15, -0.1) is 6.58 Å². The van der Waals surface area contributed by atoms with E-state index in [9.17, 15) is 9.59 Å². The van der Waals surface area contributed by atoms with Gasteiger partial charge >= 0.3 is 5.97 Å². The van der Waals surface area contributed by atoms with Crippen molar-refractivity contribution >= 4 is 11.9 Å². The van der Waals surface area contributed by atoms with Crippen molar-refractivity contribution in [3.05, 3.63) is 36.4 Å². The van der Waals surface area contributed by atoms with Gasteiger partial charge in [0.25, 0.3) is 5.91 Å². The number of carbonyl (C=O) groups is 2. The molecule has 0 saturated carbocycles. The molecule has 19 heavy (non-hydrogen) atoms. The number of carboxylic acid groups (broad SMARTS) is 1. The number of fused-ring (bicyclic) bond motifs is 1. The fourth-order valence-electron chi connectivity index (χ4n) is 1.67. The van der Waals surface area contributed by atoms with E-state index in [4.69, 9.17) is 14.6 Å². The summed E-state index contributed by atoms with van der Waals surface area (Å²) in [6, 6.07) is 3.69. The predicted octanol–water partition coefficient (Wildman–Crippen LogP) is 1.17. The Morgan fingerprint density at radius 2 is 2.16 bits per heavy atom. The highest BCUT2D eigenvalue weighted by Gasteiger charge is 2.21.